The summed E-state index contributed by atoms with van der Waals surface area (Å²) in [6.07, 6.45) is 3.55. The summed E-state index contributed by atoms with van der Waals surface area (Å²) in [6, 6.07) is 7.42. The summed E-state index contributed by atoms with van der Waals surface area (Å²) in [5.41, 5.74) is 8.13. The van der Waals surface area contributed by atoms with Gasteiger partial charge in [-0.3, -0.25) is 4.98 Å². The molecular weight excluding hydrogens is 497 g/mol. The number of nitrogens with one attached hydrogen (secondary N) is 1. The number of hydrogen-bond donors (Lipinski definition) is 4. The highest BCUT2D eigenvalue weighted by atomic mass is 19.2. The van der Waals surface area contributed by atoms with Crippen molar-refractivity contribution in [3.8, 4) is 5.75 Å². The number of aliphatic hydroxyl groups excluding tert-OH is 2. The standard InChI is InChI=1S/C28H35F3N4O3/c1-38-20-2-3-24-21(14-20)26(18(15-32)16-34-24)25(37)4-5-28(17-36)6-9-35(10-7-28)11-8-33-19-12-22(29)27(31)23(30)13-19/h2-3,12-14,16,25,33,36-37H,4-11,15,17,32H2,1H3. The normalized spacial score (nSPS) is 16.5. The molecule has 10 heteroatoms. The van der Waals surface area contributed by atoms with Crippen LogP contribution >= 0.6 is 0 Å². The number of pyridine rings is 1. The monoisotopic (exact) mass is 532 g/mol. The first kappa shape index (κ1) is 28.1. The maximum atomic E-state index is 13.4. The van der Waals surface area contributed by atoms with Crippen LogP contribution in [0.15, 0.2) is 36.5 Å². The molecule has 1 fully saturated rings. The SMILES string of the molecule is COc1ccc2ncc(CN)c(C(O)CCC3(CO)CCN(CCNc4cc(F)c(F)c(F)c4)CC3)c2c1. The highest BCUT2D eigenvalue weighted by molar-refractivity contribution is 5.85. The van der Waals surface area contributed by atoms with E-state index in [1.165, 1.54) is 0 Å². The Morgan fingerprint density at radius 3 is 2.50 bits per heavy atom. The molecule has 5 N–H and O–H groups in total. The highest BCUT2D eigenvalue weighted by Gasteiger charge is 2.34. The maximum absolute atomic E-state index is 13.4. The second-order valence-electron chi connectivity index (χ2n) is 10.0. The molecule has 1 saturated heterocycles. The van der Waals surface area contributed by atoms with Gasteiger partial charge in [0.15, 0.2) is 17.5 Å². The van der Waals surface area contributed by atoms with Crippen LogP contribution in [0.3, 0.4) is 0 Å². The largest absolute Gasteiger partial charge is 0.497 e. The van der Waals surface area contributed by atoms with Gasteiger partial charge < -0.3 is 30.9 Å². The van der Waals surface area contributed by atoms with Gasteiger partial charge in [-0.2, -0.15) is 0 Å². The highest BCUT2D eigenvalue weighted by Crippen LogP contribution is 2.39. The summed E-state index contributed by atoms with van der Waals surface area (Å²) < 4.78 is 45.3. The summed E-state index contributed by atoms with van der Waals surface area (Å²) in [5.74, 6) is -3.26. The van der Waals surface area contributed by atoms with E-state index in [1.54, 1.807) is 13.3 Å². The van der Waals surface area contributed by atoms with Crippen molar-refractivity contribution in [2.24, 2.45) is 11.1 Å². The predicted octanol–water partition coefficient (Wildman–Crippen LogP) is 4.12. The molecular formula is C28H35F3N4O3. The lowest BCUT2D eigenvalue weighted by molar-refractivity contribution is 0.0247. The number of anilines is 1. The van der Waals surface area contributed by atoms with E-state index in [1.807, 2.05) is 18.2 Å². The summed E-state index contributed by atoms with van der Waals surface area (Å²) in [5, 5.41) is 25.3. The average Bonchev–Trinajstić information content (AvgIpc) is 2.94. The zero-order valence-electron chi connectivity index (χ0n) is 21.5. The van der Waals surface area contributed by atoms with Crippen LogP contribution in [0.25, 0.3) is 10.9 Å². The molecule has 3 aromatic rings. The Bertz CT molecular complexity index is 1220. The van der Waals surface area contributed by atoms with E-state index < -0.39 is 23.6 Å². The number of ether oxygens (including phenoxy) is 1. The van der Waals surface area contributed by atoms with Crippen LogP contribution in [-0.4, -0.2) is 60.0 Å². The number of fused-ring (bicyclic) bond motifs is 1. The number of nitrogens with two attached hydrogens (primary N) is 1. The van der Waals surface area contributed by atoms with Crippen LogP contribution in [-0.2, 0) is 6.54 Å². The van der Waals surface area contributed by atoms with E-state index in [2.05, 4.69) is 15.2 Å². The number of nitrogens with zero attached hydrogens (tertiary/aromatic N) is 2. The Kier molecular flexibility index (Phi) is 9.09. The Hall–Kier alpha value is -2.92. The molecule has 0 aliphatic carbocycles. The number of aliphatic hydroxyl groups is 2. The molecule has 1 aromatic heterocycles. The molecule has 1 unspecified atom stereocenters. The van der Waals surface area contributed by atoms with Crippen LogP contribution in [0.2, 0.25) is 0 Å². The number of aromatic nitrogens is 1. The predicted molar refractivity (Wildman–Crippen MR) is 140 cm³/mol. The first-order chi connectivity index (χ1) is 18.3. The zero-order valence-corrected chi connectivity index (χ0v) is 21.5. The first-order valence-corrected chi connectivity index (χ1v) is 12.8. The lowest BCUT2D eigenvalue weighted by Crippen LogP contribution is -2.43. The number of likely N-dealkylation sites (tertiary alicyclic amines) is 1. The molecule has 0 bridgehead atoms. The number of hydrogen-bond acceptors (Lipinski definition) is 7. The van der Waals surface area contributed by atoms with Crippen LogP contribution in [0.5, 0.6) is 5.75 Å². The van der Waals surface area contributed by atoms with Crippen LogP contribution < -0.4 is 15.8 Å². The molecule has 2 heterocycles. The molecule has 2 aromatic carbocycles. The molecule has 4 rings (SSSR count). The molecule has 0 spiro atoms. The van der Waals surface area contributed by atoms with E-state index in [9.17, 15) is 23.4 Å². The van der Waals surface area contributed by atoms with Crippen molar-refractivity contribution in [2.45, 2.75) is 38.3 Å². The van der Waals surface area contributed by atoms with Crippen molar-refractivity contribution in [1.82, 2.24) is 9.88 Å². The summed E-state index contributed by atoms with van der Waals surface area (Å²) in [4.78, 5) is 6.67. The van der Waals surface area contributed by atoms with Gasteiger partial charge in [0.05, 0.1) is 18.7 Å². The average molecular weight is 533 g/mol. The fourth-order valence-corrected chi connectivity index (χ4v) is 5.26. The zero-order chi connectivity index (χ0) is 27.3. The fourth-order valence-electron chi connectivity index (χ4n) is 5.26. The Labute approximate surface area is 220 Å². The first-order valence-electron chi connectivity index (χ1n) is 12.8. The van der Waals surface area contributed by atoms with Crippen molar-refractivity contribution in [3.63, 3.8) is 0 Å². The number of methoxy groups -OCH3 is 1. The quantitative estimate of drug-likeness (QED) is 0.276. The molecule has 1 atom stereocenters. The van der Waals surface area contributed by atoms with Crippen molar-refractivity contribution in [2.75, 3.05) is 45.2 Å². The minimum atomic E-state index is -1.48. The van der Waals surface area contributed by atoms with Crippen LogP contribution in [0.4, 0.5) is 18.9 Å². The van der Waals surface area contributed by atoms with Gasteiger partial charge in [-0.05, 0) is 73.5 Å². The third-order valence-electron chi connectivity index (χ3n) is 7.69. The molecule has 1 aliphatic rings. The third-order valence-corrected chi connectivity index (χ3v) is 7.69. The summed E-state index contributed by atoms with van der Waals surface area (Å²) in [7, 11) is 1.59. The fraction of sp³-hybridized carbons (Fsp3) is 0.464. The number of rotatable bonds is 11. The minimum Gasteiger partial charge on any atom is -0.497 e. The molecule has 0 amide bonds. The topological polar surface area (TPSA) is 104 Å². The van der Waals surface area contributed by atoms with Gasteiger partial charge in [0.2, 0.25) is 0 Å². The number of piperidine rings is 1. The molecule has 206 valence electrons. The lowest BCUT2D eigenvalue weighted by atomic mass is 9.74. The summed E-state index contributed by atoms with van der Waals surface area (Å²) >= 11 is 0. The summed E-state index contributed by atoms with van der Waals surface area (Å²) in [6.45, 7) is 2.83. The number of benzene rings is 2. The molecule has 1 aliphatic heterocycles. The second-order valence-corrected chi connectivity index (χ2v) is 10.0. The number of halogens is 3. The minimum absolute atomic E-state index is 0.0224. The lowest BCUT2D eigenvalue weighted by Gasteiger charge is -2.41. The molecule has 7 nitrogen and oxygen atoms in total. The van der Waals surface area contributed by atoms with Crippen molar-refractivity contribution in [3.05, 3.63) is 65.1 Å². The Morgan fingerprint density at radius 1 is 1.16 bits per heavy atom. The van der Waals surface area contributed by atoms with Gasteiger partial charge in [0, 0.05) is 55.6 Å². The van der Waals surface area contributed by atoms with E-state index >= 15 is 0 Å². The van der Waals surface area contributed by atoms with E-state index in [0.717, 1.165) is 60.1 Å². The van der Waals surface area contributed by atoms with Gasteiger partial charge in [-0.15, -0.1) is 0 Å². The van der Waals surface area contributed by atoms with Crippen molar-refractivity contribution in [1.29, 1.82) is 0 Å². The van der Waals surface area contributed by atoms with Crippen molar-refractivity contribution < 1.29 is 28.1 Å². The van der Waals surface area contributed by atoms with Gasteiger partial charge in [0.1, 0.15) is 5.75 Å². The third kappa shape index (κ3) is 6.20. The van der Waals surface area contributed by atoms with Gasteiger partial charge in [-0.25, -0.2) is 13.2 Å². The molecule has 0 radical (unpaired) electrons. The smallest absolute Gasteiger partial charge is 0.194 e. The molecule has 38 heavy (non-hydrogen) atoms. The Morgan fingerprint density at radius 2 is 1.87 bits per heavy atom. The van der Waals surface area contributed by atoms with Gasteiger partial charge in [0.25, 0.3) is 0 Å². The van der Waals surface area contributed by atoms with E-state index in [0.29, 0.717) is 31.7 Å². The van der Waals surface area contributed by atoms with Gasteiger partial charge >= 0.3 is 0 Å². The maximum Gasteiger partial charge on any atom is 0.194 e. The Balaban J connectivity index is 1.34. The van der Waals surface area contributed by atoms with Gasteiger partial charge in [-0.1, -0.05) is 0 Å². The van der Waals surface area contributed by atoms with Crippen LogP contribution in [0, 0.1) is 22.9 Å². The van der Waals surface area contributed by atoms with Crippen LogP contribution in [0.1, 0.15) is 42.9 Å². The van der Waals surface area contributed by atoms with E-state index in [-0.39, 0.29) is 24.3 Å². The van der Waals surface area contributed by atoms with Crippen molar-refractivity contribution >= 4 is 16.6 Å². The van der Waals surface area contributed by atoms with E-state index in [4.69, 9.17) is 10.5 Å². The second kappa shape index (κ2) is 12.3. The molecule has 0 saturated carbocycles.